The van der Waals surface area contributed by atoms with E-state index in [0.717, 1.165) is 16.4 Å². The van der Waals surface area contributed by atoms with E-state index in [9.17, 15) is 8.42 Å². The van der Waals surface area contributed by atoms with E-state index in [1.165, 1.54) is 0 Å². The molecule has 0 unspecified atom stereocenters. The van der Waals surface area contributed by atoms with Crippen LogP contribution in [-0.2, 0) is 15.8 Å². The van der Waals surface area contributed by atoms with Crippen LogP contribution in [0, 0.1) is 0 Å². The van der Waals surface area contributed by atoms with Gasteiger partial charge in [-0.2, -0.15) is 11.8 Å². The van der Waals surface area contributed by atoms with Gasteiger partial charge in [0, 0.05) is 17.2 Å². The number of rotatable bonds is 8. The highest BCUT2D eigenvalue weighted by molar-refractivity contribution is 7.98. The van der Waals surface area contributed by atoms with Gasteiger partial charge in [-0.3, -0.25) is 0 Å². The van der Waals surface area contributed by atoms with Crippen molar-refractivity contribution in [3.63, 3.8) is 0 Å². The molecule has 114 valence electrons. The molecule has 0 spiro atoms. The fourth-order valence-corrected chi connectivity index (χ4v) is 3.98. The van der Waals surface area contributed by atoms with E-state index < -0.39 is 10.0 Å². The molecule has 7 heteroatoms. The lowest BCUT2D eigenvalue weighted by molar-refractivity contribution is 0.530. The first-order valence-electron chi connectivity index (χ1n) is 6.35. The fourth-order valence-electron chi connectivity index (χ4n) is 1.65. The molecule has 0 radical (unpaired) electrons. The first-order valence-corrected chi connectivity index (χ1v) is 10.2. The highest BCUT2D eigenvalue weighted by atomic mass is 32.2. The Morgan fingerprint density at radius 3 is 2.57 bits per heavy atom. The Kier molecular flexibility index (Phi) is 6.22. The Hall–Kier alpha value is -0.890. The molecule has 1 aromatic carbocycles. The third kappa shape index (κ3) is 5.10. The molecular weight excluding hydrogens is 326 g/mol. The SMILES string of the molecule is CSc1ccc(S(=O)(=O)NCCSCc2ccco2)cc1. The first kappa shape index (κ1) is 16.5. The maximum atomic E-state index is 12.1. The molecule has 0 atom stereocenters. The molecular formula is C14H17NO3S3. The van der Waals surface area contributed by atoms with E-state index in [4.69, 9.17) is 4.42 Å². The van der Waals surface area contributed by atoms with Gasteiger partial charge in [0.05, 0.1) is 16.9 Å². The van der Waals surface area contributed by atoms with E-state index in [1.807, 2.05) is 30.5 Å². The summed E-state index contributed by atoms with van der Waals surface area (Å²) < 4.78 is 32.0. The minimum Gasteiger partial charge on any atom is -0.468 e. The minimum absolute atomic E-state index is 0.302. The monoisotopic (exact) mass is 343 g/mol. The maximum Gasteiger partial charge on any atom is 0.240 e. The Morgan fingerprint density at radius 2 is 1.95 bits per heavy atom. The zero-order valence-corrected chi connectivity index (χ0v) is 14.1. The standard InChI is InChI=1S/C14H17NO3S3/c1-19-13-4-6-14(7-5-13)21(16,17)15-8-10-20-11-12-3-2-9-18-12/h2-7,9,15H,8,10-11H2,1H3. The molecule has 0 bridgehead atoms. The van der Waals surface area contributed by atoms with Crippen molar-refractivity contribution in [3.8, 4) is 0 Å². The van der Waals surface area contributed by atoms with Crippen LogP contribution in [0.15, 0.2) is 56.9 Å². The van der Waals surface area contributed by atoms with Crippen molar-refractivity contribution >= 4 is 33.5 Å². The van der Waals surface area contributed by atoms with Crippen LogP contribution in [0.25, 0.3) is 0 Å². The van der Waals surface area contributed by atoms with Crippen molar-refractivity contribution < 1.29 is 12.8 Å². The molecule has 4 nitrogen and oxygen atoms in total. The number of sulfonamides is 1. The molecule has 0 saturated carbocycles. The van der Waals surface area contributed by atoms with Crippen molar-refractivity contribution in [1.29, 1.82) is 0 Å². The van der Waals surface area contributed by atoms with Crippen LogP contribution >= 0.6 is 23.5 Å². The molecule has 0 fully saturated rings. The van der Waals surface area contributed by atoms with Crippen LogP contribution in [0.5, 0.6) is 0 Å². The molecule has 1 heterocycles. The Balaban J connectivity index is 1.78. The van der Waals surface area contributed by atoms with E-state index in [0.29, 0.717) is 17.2 Å². The topological polar surface area (TPSA) is 59.3 Å². The quantitative estimate of drug-likeness (QED) is 0.589. The number of thioether (sulfide) groups is 2. The molecule has 21 heavy (non-hydrogen) atoms. The van der Waals surface area contributed by atoms with Gasteiger partial charge in [-0.25, -0.2) is 13.1 Å². The number of hydrogen-bond acceptors (Lipinski definition) is 5. The van der Waals surface area contributed by atoms with E-state index in [2.05, 4.69) is 4.72 Å². The first-order chi connectivity index (χ1) is 10.1. The van der Waals surface area contributed by atoms with Crippen LogP contribution in [0.4, 0.5) is 0 Å². The fraction of sp³-hybridized carbons (Fsp3) is 0.286. The summed E-state index contributed by atoms with van der Waals surface area (Å²) >= 11 is 3.21. The van der Waals surface area contributed by atoms with Gasteiger partial charge in [-0.05, 0) is 42.7 Å². The average molecular weight is 343 g/mol. The van der Waals surface area contributed by atoms with Gasteiger partial charge < -0.3 is 4.42 Å². The van der Waals surface area contributed by atoms with Crippen LogP contribution in [0.2, 0.25) is 0 Å². The summed E-state index contributed by atoms with van der Waals surface area (Å²) in [5, 5.41) is 0. The Bertz CT molecular complexity index is 637. The molecule has 0 aliphatic heterocycles. The normalized spacial score (nSPS) is 11.7. The van der Waals surface area contributed by atoms with Crippen molar-refractivity contribution in [2.75, 3.05) is 18.6 Å². The van der Waals surface area contributed by atoms with Crippen LogP contribution in [-0.4, -0.2) is 27.0 Å². The summed E-state index contributed by atoms with van der Waals surface area (Å²) in [4.78, 5) is 1.35. The molecule has 0 aliphatic rings. The Labute approximate surface area is 133 Å². The third-order valence-corrected chi connectivity index (χ3v) is 5.93. The molecule has 2 rings (SSSR count). The van der Waals surface area contributed by atoms with Gasteiger partial charge in [0.25, 0.3) is 0 Å². The van der Waals surface area contributed by atoms with Gasteiger partial charge in [-0.15, -0.1) is 11.8 Å². The molecule has 1 aromatic heterocycles. The number of benzene rings is 1. The van der Waals surface area contributed by atoms with Gasteiger partial charge in [0.15, 0.2) is 0 Å². The smallest absolute Gasteiger partial charge is 0.240 e. The molecule has 0 aliphatic carbocycles. The van der Waals surface area contributed by atoms with Gasteiger partial charge in [-0.1, -0.05) is 0 Å². The second kappa shape index (κ2) is 7.93. The second-order valence-electron chi connectivity index (χ2n) is 4.21. The maximum absolute atomic E-state index is 12.1. The minimum atomic E-state index is -3.42. The number of nitrogens with one attached hydrogen (secondary N) is 1. The molecule has 0 amide bonds. The summed E-state index contributed by atoms with van der Waals surface area (Å²) in [5.41, 5.74) is 0. The van der Waals surface area contributed by atoms with E-state index >= 15 is 0 Å². The lowest BCUT2D eigenvalue weighted by Gasteiger charge is -2.07. The van der Waals surface area contributed by atoms with Gasteiger partial charge in [0.1, 0.15) is 5.76 Å². The highest BCUT2D eigenvalue weighted by Crippen LogP contribution is 2.17. The zero-order chi connectivity index (χ0) is 15.1. The highest BCUT2D eigenvalue weighted by Gasteiger charge is 2.12. The van der Waals surface area contributed by atoms with Crippen molar-refractivity contribution in [1.82, 2.24) is 4.72 Å². The summed E-state index contributed by atoms with van der Waals surface area (Å²) in [5.74, 6) is 2.34. The van der Waals surface area contributed by atoms with Gasteiger partial charge in [0.2, 0.25) is 10.0 Å². The van der Waals surface area contributed by atoms with Crippen molar-refractivity contribution in [3.05, 3.63) is 48.4 Å². The second-order valence-corrected chi connectivity index (χ2v) is 7.96. The molecule has 2 aromatic rings. The third-order valence-electron chi connectivity index (χ3n) is 2.73. The molecule has 0 saturated heterocycles. The Morgan fingerprint density at radius 1 is 1.19 bits per heavy atom. The number of hydrogen-bond donors (Lipinski definition) is 1. The van der Waals surface area contributed by atoms with E-state index in [1.54, 1.807) is 41.9 Å². The zero-order valence-electron chi connectivity index (χ0n) is 11.6. The summed E-state index contributed by atoms with van der Waals surface area (Å²) in [6, 6.07) is 10.6. The lowest BCUT2D eigenvalue weighted by atomic mass is 10.4. The number of furan rings is 1. The molecule has 1 N–H and O–H groups in total. The summed E-state index contributed by atoms with van der Waals surface area (Å²) in [6.45, 7) is 0.401. The van der Waals surface area contributed by atoms with Crippen molar-refractivity contribution in [2.45, 2.75) is 15.5 Å². The predicted molar refractivity (Wildman–Crippen MR) is 88.3 cm³/mol. The lowest BCUT2D eigenvalue weighted by Crippen LogP contribution is -2.26. The average Bonchev–Trinajstić information content (AvgIpc) is 3.00. The van der Waals surface area contributed by atoms with Crippen LogP contribution in [0.1, 0.15) is 5.76 Å². The van der Waals surface area contributed by atoms with E-state index in [-0.39, 0.29) is 0 Å². The largest absolute Gasteiger partial charge is 0.468 e. The summed E-state index contributed by atoms with van der Waals surface area (Å²) in [6.07, 6.45) is 3.59. The summed E-state index contributed by atoms with van der Waals surface area (Å²) in [7, 11) is -3.42. The van der Waals surface area contributed by atoms with Gasteiger partial charge >= 0.3 is 0 Å². The predicted octanol–water partition coefficient (Wildman–Crippen LogP) is 3.21. The van der Waals surface area contributed by atoms with Crippen molar-refractivity contribution in [2.24, 2.45) is 0 Å². The van der Waals surface area contributed by atoms with Crippen LogP contribution < -0.4 is 4.72 Å². The van der Waals surface area contributed by atoms with Crippen LogP contribution in [0.3, 0.4) is 0 Å².